The van der Waals surface area contributed by atoms with Crippen LogP contribution in [0.3, 0.4) is 0 Å². The molecule has 0 aliphatic rings. The minimum absolute atomic E-state index is 0.0114. The van der Waals surface area contributed by atoms with Crippen LogP contribution in [0.1, 0.15) is 17.0 Å². The van der Waals surface area contributed by atoms with Crippen molar-refractivity contribution in [2.75, 3.05) is 0 Å². The highest BCUT2D eigenvalue weighted by Crippen LogP contribution is 2.38. The summed E-state index contributed by atoms with van der Waals surface area (Å²) in [5, 5.41) is 9.09. The third-order valence-corrected chi connectivity index (χ3v) is 3.50. The van der Waals surface area contributed by atoms with Crippen molar-refractivity contribution in [3.63, 3.8) is 0 Å². The van der Waals surface area contributed by atoms with E-state index in [0.717, 1.165) is 6.07 Å². The maximum atomic E-state index is 12.9. The van der Waals surface area contributed by atoms with Gasteiger partial charge >= 0.3 is 6.18 Å². The standard InChI is InChI=1S/C11H8BrF3N2O2/c1-4-16-7-2-6(11(13,14)15)5(3-18)9(12)8(7)10(19)17-4/h2,18H,3H2,1H3,(H,16,17,19). The second-order valence-electron chi connectivity index (χ2n) is 3.92. The number of hydrogen-bond acceptors (Lipinski definition) is 3. The SMILES string of the molecule is Cc1nc2cc(C(F)(F)F)c(CO)c(Br)c2c(=O)[nH]1. The van der Waals surface area contributed by atoms with Gasteiger partial charge in [0.2, 0.25) is 0 Å². The number of aromatic nitrogens is 2. The highest BCUT2D eigenvalue weighted by atomic mass is 79.9. The maximum absolute atomic E-state index is 12.9. The summed E-state index contributed by atoms with van der Waals surface area (Å²) in [5.74, 6) is 0.217. The van der Waals surface area contributed by atoms with Gasteiger partial charge in [0.05, 0.1) is 23.1 Å². The van der Waals surface area contributed by atoms with Gasteiger partial charge in [0.15, 0.2) is 0 Å². The summed E-state index contributed by atoms with van der Waals surface area (Å²) < 4.78 is 38.6. The number of aryl methyl sites for hydroxylation is 1. The molecule has 0 aliphatic carbocycles. The van der Waals surface area contributed by atoms with Gasteiger partial charge in [0.1, 0.15) is 5.82 Å². The topological polar surface area (TPSA) is 66.0 Å². The molecule has 2 rings (SSSR count). The van der Waals surface area contributed by atoms with Crippen LogP contribution in [0.5, 0.6) is 0 Å². The van der Waals surface area contributed by atoms with E-state index < -0.39 is 23.9 Å². The van der Waals surface area contributed by atoms with Crippen LogP contribution in [-0.4, -0.2) is 15.1 Å². The molecule has 0 saturated carbocycles. The van der Waals surface area contributed by atoms with Crippen molar-refractivity contribution in [3.8, 4) is 0 Å². The van der Waals surface area contributed by atoms with E-state index in [-0.39, 0.29) is 26.8 Å². The summed E-state index contributed by atoms with van der Waals surface area (Å²) in [7, 11) is 0. The van der Waals surface area contributed by atoms with Crippen LogP contribution in [0.2, 0.25) is 0 Å². The molecular weight excluding hydrogens is 329 g/mol. The molecule has 8 heteroatoms. The average Bonchev–Trinajstić information content (AvgIpc) is 2.26. The van der Waals surface area contributed by atoms with Crippen molar-refractivity contribution in [3.05, 3.63) is 37.8 Å². The first-order valence-electron chi connectivity index (χ1n) is 5.15. The lowest BCUT2D eigenvalue weighted by atomic mass is 10.0. The Morgan fingerprint density at radius 1 is 1.47 bits per heavy atom. The predicted octanol–water partition coefficient (Wildman–Crippen LogP) is 2.51. The van der Waals surface area contributed by atoms with Gasteiger partial charge in [0, 0.05) is 10.0 Å². The average molecular weight is 337 g/mol. The summed E-state index contributed by atoms with van der Waals surface area (Å²) in [5.41, 5.74) is -2.02. The van der Waals surface area contributed by atoms with E-state index in [0.29, 0.717) is 0 Å². The number of benzene rings is 1. The molecule has 1 aromatic carbocycles. The second-order valence-corrected chi connectivity index (χ2v) is 4.71. The molecule has 0 atom stereocenters. The number of H-pyrrole nitrogens is 1. The highest BCUT2D eigenvalue weighted by Gasteiger charge is 2.35. The van der Waals surface area contributed by atoms with Crippen molar-refractivity contribution in [2.24, 2.45) is 0 Å². The van der Waals surface area contributed by atoms with Gasteiger partial charge in [-0.05, 0) is 28.9 Å². The Kier molecular flexibility index (Phi) is 3.40. The minimum atomic E-state index is -4.63. The predicted molar refractivity (Wildman–Crippen MR) is 65.7 cm³/mol. The van der Waals surface area contributed by atoms with Crippen LogP contribution in [-0.2, 0) is 12.8 Å². The molecule has 0 saturated heterocycles. The van der Waals surface area contributed by atoms with Crippen LogP contribution >= 0.6 is 15.9 Å². The van der Waals surface area contributed by atoms with E-state index in [4.69, 9.17) is 5.11 Å². The van der Waals surface area contributed by atoms with Gasteiger partial charge < -0.3 is 10.1 Å². The molecular formula is C11H8BrF3N2O2. The minimum Gasteiger partial charge on any atom is -0.392 e. The van der Waals surface area contributed by atoms with Gasteiger partial charge in [-0.2, -0.15) is 13.2 Å². The number of nitrogens with one attached hydrogen (secondary N) is 1. The zero-order valence-electron chi connectivity index (χ0n) is 9.60. The second kappa shape index (κ2) is 4.61. The molecule has 0 spiro atoms. The zero-order valence-corrected chi connectivity index (χ0v) is 11.2. The number of aliphatic hydroxyl groups excluding tert-OH is 1. The van der Waals surface area contributed by atoms with Crippen molar-refractivity contribution in [1.82, 2.24) is 9.97 Å². The fraction of sp³-hybridized carbons (Fsp3) is 0.273. The molecule has 0 radical (unpaired) electrons. The van der Waals surface area contributed by atoms with E-state index >= 15 is 0 Å². The van der Waals surface area contributed by atoms with E-state index in [1.807, 2.05) is 0 Å². The van der Waals surface area contributed by atoms with Crippen LogP contribution < -0.4 is 5.56 Å². The third kappa shape index (κ3) is 2.37. The number of hydrogen-bond donors (Lipinski definition) is 2. The molecule has 19 heavy (non-hydrogen) atoms. The summed E-state index contributed by atoms with van der Waals surface area (Å²) in [6, 6.07) is 0.772. The number of halogens is 4. The van der Waals surface area contributed by atoms with Gasteiger partial charge in [-0.15, -0.1) is 0 Å². The van der Waals surface area contributed by atoms with Crippen LogP contribution in [0.15, 0.2) is 15.3 Å². The molecule has 0 fully saturated rings. The van der Waals surface area contributed by atoms with Gasteiger partial charge in [-0.25, -0.2) is 4.98 Å². The van der Waals surface area contributed by atoms with E-state index in [1.165, 1.54) is 6.92 Å². The Bertz CT molecular complexity index is 710. The largest absolute Gasteiger partial charge is 0.416 e. The summed E-state index contributed by atoms with van der Waals surface area (Å²) >= 11 is 2.94. The molecule has 0 amide bonds. The maximum Gasteiger partial charge on any atom is 0.416 e. The number of rotatable bonds is 1. The number of nitrogens with zero attached hydrogens (tertiary/aromatic N) is 1. The monoisotopic (exact) mass is 336 g/mol. The lowest BCUT2D eigenvalue weighted by molar-refractivity contribution is -0.138. The fourth-order valence-electron chi connectivity index (χ4n) is 1.82. The summed E-state index contributed by atoms with van der Waals surface area (Å²) in [6.45, 7) is 0.640. The lowest BCUT2D eigenvalue weighted by Gasteiger charge is -2.14. The molecule has 102 valence electrons. The molecule has 2 aromatic rings. The molecule has 0 aliphatic heterocycles. The first kappa shape index (κ1) is 14.0. The Labute approximate surface area is 113 Å². The Morgan fingerprint density at radius 3 is 2.63 bits per heavy atom. The third-order valence-electron chi connectivity index (χ3n) is 2.62. The van der Waals surface area contributed by atoms with Gasteiger partial charge in [-0.3, -0.25) is 4.79 Å². The first-order chi connectivity index (χ1) is 8.75. The van der Waals surface area contributed by atoms with E-state index in [9.17, 15) is 18.0 Å². The fourth-order valence-corrected chi connectivity index (χ4v) is 2.55. The number of fused-ring (bicyclic) bond motifs is 1. The van der Waals surface area contributed by atoms with Gasteiger partial charge in [-0.1, -0.05) is 0 Å². The molecule has 1 heterocycles. The highest BCUT2D eigenvalue weighted by molar-refractivity contribution is 9.10. The molecule has 4 nitrogen and oxygen atoms in total. The Balaban J connectivity index is 2.98. The summed E-state index contributed by atoms with van der Waals surface area (Å²) in [4.78, 5) is 18.0. The van der Waals surface area contributed by atoms with Crippen molar-refractivity contribution in [1.29, 1.82) is 0 Å². The Morgan fingerprint density at radius 2 is 2.11 bits per heavy atom. The van der Waals surface area contributed by atoms with Crippen LogP contribution in [0, 0.1) is 6.92 Å². The van der Waals surface area contributed by atoms with E-state index in [1.54, 1.807) is 0 Å². The molecule has 0 unspecified atom stereocenters. The quantitative estimate of drug-likeness (QED) is 0.840. The number of aliphatic hydroxyl groups is 1. The van der Waals surface area contributed by atoms with E-state index in [2.05, 4.69) is 25.9 Å². The lowest BCUT2D eigenvalue weighted by Crippen LogP contribution is -2.15. The number of aromatic amines is 1. The van der Waals surface area contributed by atoms with Gasteiger partial charge in [0.25, 0.3) is 5.56 Å². The zero-order chi connectivity index (χ0) is 14.4. The molecule has 1 aromatic heterocycles. The van der Waals surface area contributed by atoms with Crippen LogP contribution in [0.25, 0.3) is 10.9 Å². The molecule has 0 bridgehead atoms. The van der Waals surface area contributed by atoms with Crippen molar-refractivity contribution in [2.45, 2.75) is 19.7 Å². The smallest absolute Gasteiger partial charge is 0.392 e. The normalized spacial score (nSPS) is 12.1. The van der Waals surface area contributed by atoms with Crippen LogP contribution in [0.4, 0.5) is 13.2 Å². The summed E-state index contributed by atoms with van der Waals surface area (Å²) in [6.07, 6.45) is -4.63. The van der Waals surface area contributed by atoms with Crippen molar-refractivity contribution < 1.29 is 18.3 Å². The molecule has 2 N–H and O–H groups in total. The Hall–Kier alpha value is -1.41. The van der Waals surface area contributed by atoms with Crippen molar-refractivity contribution >= 4 is 26.8 Å². The number of alkyl halides is 3. The first-order valence-corrected chi connectivity index (χ1v) is 5.95.